The van der Waals surface area contributed by atoms with Crippen LogP contribution in [0.5, 0.6) is 6.01 Å². The second-order valence-corrected chi connectivity index (χ2v) is 7.00. The number of aromatic nitrogens is 3. The van der Waals surface area contributed by atoms with Crippen molar-refractivity contribution in [2.24, 2.45) is 5.11 Å². The highest BCUT2D eigenvalue weighted by Gasteiger charge is 2.42. The number of carbonyl (C=O) groups excluding carboxylic acids is 4. The first kappa shape index (κ1) is 20.7. The Morgan fingerprint density at radius 1 is 0.735 bits per heavy atom. The van der Waals surface area contributed by atoms with Crippen LogP contribution in [0, 0.1) is 0 Å². The summed E-state index contributed by atoms with van der Waals surface area (Å²) in [5.41, 5.74) is 9.04. The Bertz CT molecular complexity index is 1280. The number of imide groups is 2. The van der Waals surface area contributed by atoms with Gasteiger partial charge in [0, 0.05) is 4.91 Å². The van der Waals surface area contributed by atoms with Crippen molar-refractivity contribution in [3.63, 3.8) is 0 Å². The lowest BCUT2D eigenvalue weighted by Crippen LogP contribution is -2.35. The van der Waals surface area contributed by atoms with Gasteiger partial charge in [0.2, 0.25) is 11.9 Å². The van der Waals surface area contributed by atoms with Gasteiger partial charge in [0.05, 0.1) is 35.4 Å². The number of anilines is 2. The van der Waals surface area contributed by atoms with Gasteiger partial charge in [0.15, 0.2) is 0 Å². The second-order valence-electron chi connectivity index (χ2n) is 7.00. The van der Waals surface area contributed by atoms with E-state index in [-0.39, 0.29) is 41.4 Å². The highest BCUT2D eigenvalue weighted by Crippen LogP contribution is 2.31. The molecule has 0 aliphatic carbocycles. The second kappa shape index (κ2) is 8.07. The largest absolute Gasteiger partial charge is 0.463 e. The van der Waals surface area contributed by atoms with Gasteiger partial charge in [-0.1, -0.05) is 29.4 Å². The molecule has 0 unspecified atom stereocenters. The smallest absolute Gasteiger partial charge is 0.323 e. The van der Waals surface area contributed by atoms with Gasteiger partial charge in [-0.25, -0.2) is 9.80 Å². The molecule has 0 saturated carbocycles. The van der Waals surface area contributed by atoms with Gasteiger partial charge >= 0.3 is 6.01 Å². The average molecular weight is 456 g/mol. The molecule has 0 radical (unpaired) electrons. The molecule has 2 aliphatic heterocycles. The Labute approximate surface area is 190 Å². The molecular formula is C21H12N8O5. The molecule has 1 aromatic heterocycles. The molecule has 0 atom stereocenters. The van der Waals surface area contributed by atoms with Gasteiger partial charge < -0.3 is 4.74 Å². The van der Waals surface area contributed by atoms with Crippen molar-refractivity contribution in [2.45, 2.75) is 0 Å². The van der Waals surface area contributed by atoms with Crippen molar-refractivity contribution in [1.29, 1.82) is 0 Å². The summed E-state index contributed by atoms with van der Waals surface area (Å²) in [4.78, 5) is 67.9. The van der Waals surface area contributed by atoms with E-state index in [9.17, 15) is 19.2 Å². The molecule has 13 heteroatoms. The third-order valence-corrected chi connectivity index (χ3v) is 5.07. The van der Waals surface area contributed by atoms with Crippen molar-refractivity contribution < 1.29 is 23.9 Å². The molecule has 3 heterocycles. The Kier molecular flexibility index (Phi) is 4.92. The van der Waals surface area contributed by atoms with Crippen molar-refractivity contribution in [3.05, 3.63) is 81.2 Å². The summed E-state index contributed by atoms with van der Waals surface area (Å²) in [6.45, 7) is -0.204. The third-order valence-electron chi connectivity index (χ3n) is 5.07. The Hall–Kier alpha value is -5.16. The number of rotatable bonds is 6. The van der Waals surface area contributed by atoms with E-state index in [2.05, 4.69) is 25.0 Å². The zero-order valence-corrected chi connectivity index (χ0v) is 17.2. The van der Waals surface area contributed by atoms with Crippen LogP contribution in [0.4, 0.5) is 11.9 Å². The van der Waals surface area contributed by atoms with E-state index in [1.807, 2.05) is 0 Å². The van der Waals surface area contributed by atoms with Crippen LogP contribution in [0.2, 0.25) is 0 Å². The lowest BCUT2D eigenvalue weighted by atomic mass is 10.1. The predicted molar refractivity (Wildman–Crippen MR) is 114 cm³/mol. The quantitative estimate of drug-likeness (QED) is 0.178. The summed E-state index contributed by atoms with van der Waals surface area (Å²) in [6, 6.07) is 12.0. The van der Waals surface area contributed by atoms with Crippen LogP contribution >= 0.6 is 0 Å². The van der Waals surface area contributed by atoms with Gasteiger partial charge in [0.1, 0.15) is 0 Å². The normalized spacial score (nSPS) is 14.2. The van der Waals surface area contributed by atoms with E-state index in [1.165, 1.54) is 24.3 Å². The number of ether oxygens (including phenoxy) is 1. The number of nitrogens with zero attached hydrogens (tertiary/aromatic N) is 8. The zero-order chi connectivity index (χ0) is 23.8. The van der Waals surface area contributed by atoms with Crippen LogP contribution < -0.4 is 14.5 Å². The minimum absolute atomic E-state index is 0.0626. The van der Waals surface area contributed by atoms with Gasteiger partial charge in [-0.15, -0.1) is 0 Å². The Morgan fingerprint density at radius 3 is 1.53 bits per heavy atom. The fourth-order valence-corrected chi connectivity index (χ4v) is 3.56. The van der Waals surface area contributed by atoms with Crippen molar-refractivity contribution in [2.75, 3.05) is 23.0 Å². The molecule has 5 rings (SSSR count). The highest BCUT2D eigenvalue weighted by atomic mass is 16.5. The number of azide groups is 1. The fourth-order valence-electron chi connectivity index (χ4n) is 3.56. The summed E-state index contributed by atoms with van der Waals surface area (Å²) >= 11 is 0. The van der Waals surface area contributed by atoms with E-state index in [4.69, 9.17) is 10.3 Å². The summed E-state index contributed by atoms with van der Waals surface area (Å²) in [7, 11) is 0. The number of hydrogen-bond acceptors (Lipinski definition) is 9. The maximum Gasteiger partial charge on any atom is 0.323 e. The summed E-state index contributed by atoms with van der Waals surface area (Å²) in [5, 5.41) is 3.34. The zero-order valence-electron chi connectivity index (χ0n) is 17.2. The van der Waals surface area contributed by atoms with E-state index >= 15 is 0 Å². The standard InChI is InChI=1S/C21H12N8O5/c22-27-23-9-10-34-21-25-19(28-15(30)11-5-1-2-6-12(11)16(28)31)24-20(26-21)29-17(32)13-7-3-4-8-14(13)18(29)33/h1-8H,9-10H2. The summed E-state index contributed by atoms with van der Waals surface area (Å²) in [6.07, 6.45) is 0. The fraction of sp³-hybridized carbons (Fsp3) is 0.0952. The third kappa shape index (κ3) is 3.20. The van der Waals surface area contributed by atoms with Gasteiger partial charge in [-0.05, 0) is 29.8 Å². The van der Waals surface area contributed by atoms with Crippen LogP contribution in [0.3, 0.4) is 0 Å². The topological polar surface area (TPSA) is 171 Å². The first-order valence-corrected chi connectivity index (χ1v) is 9.86. The molecule has 0 bridgehead atoms. The average Bonchev–Trinajstić information content (AvgIpc) is 3.26. The Balaban J connectivity index is 1.58. The Morgan fingerprint density at radius 2 is 1.15 bits per heavy atom. The lowest BCUT2D eigenvalue weighted by molar-refractivity contribution is 0.0911. The van der Waals surface area contributed by atoms with E-state index < -0.39 is 35.5 Å². The molecule has 2 aliphatic rings. The molecule has 2 aromatic carbocycles. The molecule has 0 saturated heterocycles. The number of hydrogen-bond donors (Lipinski definition) is 0. The maximum atomic E-state index is 12.9. The highest BCUT2D eigenvalue weighted by molar-refractivity contribution is 6.35. The monoisotopic (exact) mass is 456 g/mol. The van der Waals surface area contributed by atoms with Crippen LogP contribution in [-0.4, -0.2) is 51.7 Å². The van der Waals surface area contributed by atoms with Gasteiger partial charge in [-0.2, -0.15) is 15.0 Å². The molecule has 166 valence electrons. The molecule has 4 amide bonds. The molecule has 3 aromatic rings. The number of benzene rings is 2. The minimum Gasteiger partial charge on any atom is -0.463 e. The summed E-state index contributed by atoms with van der Waals surface area (Å²) < 4.78 is 5.38. The molecule has 34 heavy (non-hydrogen) atoms. The van der Waals surface area contributed by atoms with Crippen molar-refractivity contribution in [1.82, 2.24) is 15.0 Å². The summed E-state index contributed by atoms with van der Waals surface area (Å²) in [5.74, 6) is -3.57. The number of amides is 4. The van der Waals surface area contributed by atoms with E-state index in [0.29, 0.717) is 9.80 Å². The first-order chi connectivity index (χ1) is 16.5. The van der Waals surface area contributed by atoms with Crippen LogP contribution in [-0.2, 0) is 0 Å². The van der Waals surface area contributed by atoms with Gasteiger partial charge in [0.25, 0.3) is 23.6 Å². The number of fused-ring (bicyclic) bond motifs is 2. The van der Waals surface area contributed by atoms with Gasteiger partial charge in [-0.3, -0.25) is 19.2 Å². The molecule has 0 fully saturated rings. The van der Waals surface area contributed by atoms with E-state index in [1.54, 1.807) is 24.3 Å². The lowest BCUT2D eigenvalue weighted by Gasteiger charge is -2.17. The molecule has 0 spiro atoms. The molecular weight excluding hydrogens is 444 g/mol. The van der Waals surface area contributed by atoms with E-state index in [0.717, 1.165) is 0 Å². The van der Waals surface area contributed by atoms with Crippen molar-refractivity contribution in [3.8, 4) is 6.01 Å². The molecule has 13 nitrogen and oxygen atoms in total. The maximum absolute atomic E-state index is 12.9. The minimum atomic E-state index is -0.680. The number of carbonyl (C=O) groups is 4. The predicted octanol–water partition coefficient (Wildman–Crippen LogP) is 2.16. The van der Waals surface area contributed by atoms with Crippen LogP contribution in [0.25, 0.3) is 10.4 Å². The molecule has 0 N–H and O–H groups in total. The first-order valence-electron chi connectivity index (χ1n) is 9.86. The SMILES string of the molecule is [N-]=[N+]=NCCOc1nc(N2C(=O)c3ccccc3C2=O)nc(N2C(=O)c3ccccc3C2=O)n1. The van der Waals surface area contributed by atoms with Crippen molar-refractivity contribution >= 4 is 35.5 Å². The van der Waals surface area contributed by atoms with Crippen LogP contribution in [0.1, 0.15) is 41.4 Å². The van der Waals surface area contributed by atoms with Crippen LogP contribution in [0.15, 0.2) is 53.6 Å².